The SMILES string of the molecule is CCC=C=C(CCCC)C(=O)NCc1ccccc1. The highest BCUT2D eigenvalue weighted by molar-refractivity contribution is 5.93. The Morgan fingerprint density at radius 2 is 2.00 bits per heavy atom. The van der Waals surface area contributed by atoms with Gasteiger partial charge in [0.2, 0.25) is 0 Å². The number of carbonyl (C=O) groups is 1. The summed E-state index contributed by atoms with van der Waals surface area (Å²) in [6.45, 7) is 4.75. The van der Waals surface area contributed by atoms with Gasteiger partial charge >= 0.3 is 0 Å². The van der Waals surface area contributed by atoms with E-state index in [1.165, 1.54) is 0 Å². The summed E-state index contributed by atoms with van der Waals surface area (Å²) in [6.07, 6.45) is 5.74. The van der Waals surface area contributed by atoms with Gasteiger partial charge in [-0.05, 0) is 30.9 Å². The molecule has 0 aromatic heterocycles. The summed E-state index contributed by atoms with van der Waals surface area (Å²) in [4.78, 5) is 12.1. The summed E-state index contributed by atoms with van der Waals surface area (Å²) < 4.78 is 0. The lowest BCUT2D eigenvalue weighted by Crippen LogP contribution is -2.24. The molecule has 0 aliphatic rings. The van der Waals surface area contributed by atoms with Crippen LogP contribution in [-0.4, -0.2) is 5.91 Å². The monoisotopic (exact) mass is 257 g/mol. The summed E-state index contributed by atoms with van der Waals surface area (Å²) in [5.41, 5.74) is 5.00. The summed E-state index contributed by atoms with van der Waals surface area (Å²) in [6, 6.07) is 9.95. The van der Waals surface area contributed by atoms with E-state index in [-0.39, 0.29) is 5.91 Å². The minimum Gasteiger partial charge on any atom is -0.348 e. The maximum atomic E-state index is 12.1. The molecule has 0 unspecified atom stereocenters. The van der Waals surface area contributed by atoms with Crippen molar-refractivity contribution < 1.29 is 4.79 Å². The fourth-order valence-electron chi connectivity index (χ4n) is 1.71. The first-order valence-electron chi connectivity index (χ1n) is 7.04. The van der Waals surface area contributed by atoms with E-state index in [1.807, 2.05) is 43.3 Å². The Balaban J connectivity index is 2.59. The van der Waals surface area contributed by atoms with Gasteiger partial charge in [-0.25, -0.2) is 0 Å². The number of unbranched alkanes of at least 4 members (excludes halogenated alkanes) is 1. The second-order valence-electron chi connectivity index (χ2n) is 4.51. The Morgan fingerprint density at radius 1 is 1.26 bits per heavy atom. The third-order valence-electron chi connectivity index (χ3n) is 2.83. The molecule has 102 valence electrons. The van der Waals surface area contributed by atoms with E-state index in [9.17, 15) is 4.79 Å². The normalized spacial score (nSPS) is 9.58. The van der Waals surface area contributed by atoms with Crippen LogP contribution in [0.3, 0.4) is 0 Å². The van der Waals surface area contributed by atoms with E-state index in [0.717, 1.165) is 36.8 Å². The van der Waals surface area contributed by atoms with Crippen LogP contribution < -0.4 is 5.32 Å². The average molecular weight is 257 g/mol. The largest absolute Gasteiger partial charge is 0.348 e. The van der Waals surface area contributed by atoms with Gasteiger partial charge in [-0.15, -0.1) is 5.73 Å². The topological polar surface area (TPSA) is 29.1 Å². The number of hydrogen-bond acceptors (Lipinski definition) is 1. The van der Waals surface area contributed by atoms with E-state index in [0.29, 0.717) is 6.54 Å². The number of nitrogens with one attached hydrogen (secondary N) is 1. The Morgan fingerprint density at radius 3 is 2.63 bits per heavy atom. The highest BCUT2D eigenvalue weighted by Crippen LogP contribution is 2.07. The summed E-state index contributed by atoms with van der Waals surface area (Å²) in [5.74, 6) is 0.00185. The van der Waals surface area contributed by atoms with Gasteiger partial charge in [-0.3, -0.25) is 4.79 Å². The molecule has 1 rings (SSSR count). The smallest absolute Gasteiger partial charge is 0.255 e. The van der Waals surface area contributed by atoms with Gasteiger partial charge in [-0.1, -0.05) is 50.6 Å². The zero-order valence-corrected chi connectivity index (χ0v) is 11.9. The number of hydrogen-bond donors (Lipinski definition) is 1. The van der Waals surface area contributed by atoms with Crippen molar-refractivity contribution in [3.8, 4) is 0 Å². The number of rotatable bonds is 7. The van der Waals surface area contributed by atoms with Crippen LogP contribution in [0.15, 0.2) is 47.7 Å². The van der Waals surface area contributed by atoms with Crippen molar-refractivity contribution in [1.29, 1.82) is 0 Å². The predicted molar refractivity (Wildman–Crippen MR) is 79.7 cm³/mol. The molecule has 0 aliphatic heterocycles. The molecule has 0 heterocycles. The van der Waals surface area contributed by atoms with Crippen molar-refractivity contribution >= 4 is 5.91 Å². The summed E-state index contributed by atoms with van der Waals surface area (Å²) in [7, 11) is 0. The van der Waals surface area contributed by atoms with Gasteiger partial charge in [-0.2, -0.15) is 0 Å². The third kappa shape index (κ3) is 6.08. The average Bonchev–Trinajstić information content (AvgIpc) is 2.46. The predicted octanol–water partition coefficient (Wildman–Crippen LogP) is 3.98. The molecule has 0 fully saturated rings. The zero-order chi connectivity index (χ0) is 13.9. The van der Waals surface area contributed by atoms with Gasteiger partial charge in [0.25, 0.3) is 5.91 Å². The molecular weight excluding hydrogens is 234 g/mol. The molecule has 0 bridgehead atoms. The summed E-state index contributed by atoms with van der Waals surface area (Å²) >= 11 is 0. The van der Waals surface area contributed by atoms with Crippen LogP contribution in [0.25, 0.3) is 0 Å². The third-order valence-corrected chi connectivity index (χ3v) is 2.83. The molecule has 0 aliphatic carbocycles. The van der Waals surface area contributed by atoms with E-state index in [4.69, 9.17) is 0 Å². The molecule has 19 heavy (non-hydrogen) atoms. The fraction of sp³-hybridized carbons (Fsp3) is 0.412. The van der Waals surface area contributed by atoms with Crippen molar-refractivity contribution in [3.05, 3.63) is 53.3 Å². The first-order chi connectivity index (χ1) is 9.27. The van der Waals surface area contributed by atoms with Gasteiger partial charge in [0, 0.05) is 6.54 Å². The Bertz CT molecular complexity index is 442. The van der Waals surface area contributed by atoms with Crippen LogP contribution in [-0.2, 0) is 11.3 Å². The molecule has 0 atom stereocenters. The van der Waals surface area contributed by atoms with E-state index < -0.39 is 0 Å². The lowest BCUT2D eigenvalue weighted by molar-refractivity contribution is -0.117. The second-order valence-corrected chi connectivity index (χ2v) is 4.51. The molecule has 1 aromatic carbocycles. The molecule has 1 N–H and O–H groups in total. The van der Waals surface area contributed by atoms with Crippen molar-refractivity contribution in [2.75, 3.05) is 0 Å². The standard InChI is InChI=1S/C17H23NO/c1-3-5-12-16(13-6-4-2)17(19)18-14-15-10-8-7-9-11-15/h5,7-11H,3-4,6,13-14H2,1-2H3,(H,18,19). The summed E-state index contributed by atoms with van der Waals surface area (Å²) in [5, 5.41) is 2.96. The van der Waals surface area contributed by atoms with Crippen molar-refractivity contribution in [3.63, 3.8) is 0 Å². The maximum absolute atomic E-state index is 12.1. The van der Waals surface area contributed by atoms with Crippen molar-refractivity contribution in [1.82, 2.24) is 5.32 Å². The van der Waals surface area contributed by atoms with Crippen LogP contribution in [0.2, 0.25) is 0 Å². The molecule has 0 saturated carbocycles. The molecule has 1 aromatic rings. The minimum atomic E-state index is 0.00185. The highest BCUT2D eigenvalue weighted by Gasteiger charge is 2.07. The highest BCUT2D eigenvalue weighted by atomic mass is 16.1. The molecule has 2 heteroatoms. The molecule has 0 radical (unpaired) electrons. The number of benzene rings is 1. The van der Waals surface area contributed by atoms with E-state index >= 15 is 0 Å². The molecule has 1 amide bonds. The van der Waals surface area contributed by atoms with Crippen molar-refractivity contribution in [2.45, 2.75) is 46.1 Å². The molecular formula is C17H23NO. The lowest BCUT2D eigenvalue weighted by atomic mass is 10.1. The van der Waals surface area contributed by atoms with Crippen LogP contribution in [0.1, 0.15) is 45.1 Å². The van der Waals surface area contributed by atoms with Gasteiger partial charge in [0.1, 0.15) is 0 Å². The van der Waals surface area contributed by atoms with Gasteiger partial charge < -0.3 is 5.32 Å². The Hall–Kier alpha value is -1.79. The van der Waals surface area contributed by atoms with Crippen LogP contribution in [0, 0.1) is 0 Å². The molecule has 2 nitrogen and oxygen atoms in total. The fourth-order valence-corrected chi connectivity index (χ4v) is 1.71. The maximum Gasteiger partial charge on any atom is 0.255 e. The van der Waals surface area contributed by atoms with E-state index in [2.05, 4.69) is 18.0 Å². The minimum absolute atomic E-state index is 0.00185. The van der Waals surface area contributed by atoms with Crippen LogP contribution in [0.4, 0.5) is 0 Å². The Labute approximate surface area is 116 Å². The molecule has 0 saturated heterocycles. The lowest BCUT2D eigenvalue weighted by Gasteiger charge is -2.07. The van der Waals surface area contributed by atoms with E-state index in [1.54, 1.807) is 0 Å². The number of carbonyl (C=O) groups excluding carboxylic acids is 1. The van der Waals surface area contributed by atoms with Crippen molar-refractivity contribution in [2.24, 2.45) is 0 Å². The quantitative estimate of drug-likeness (QED) is 0.581. The Kier molecular flexibility index (Phi) is 7.38. The van der Waals surface area contributed by atoms with Gasteiger partial charge in [0.05, 0.1) is 5.57 Å². The van der Waals surface area contributed by atoms with Crippen LogP contribution >= 0.6 is 0 Å². The first-order valence-corrected chi connectivity index (χ1v) is 7.04. The zero-order valence-electron chi connectivity index (χ0n) is 11.9. The number of amides is 1. The van der Waals surface area contributed by atoms with Crippen LogP contribution in [0.5, 0.6) is 0 Å². The first kappa shape index (κ1) is 15.3. The van der Waals surface area contributed by atoms with Gasteiger partial charge in [0.15, 0.2) is 0 Å². The second kappa shape index (κ2) is 9.18. The molecule has 0 spiro atoms.